The van der Waals surface area contributed by atoms with E-state index in [9.17, 15) is 44.1 Å². The summed E-state index contributed by atoms with van der Waals surface area (Å²) in [5.74, 6) is 3.19. The molecule has 28 nitrogen and oxygen atoms in total. The highest BCUT2D eigenvalue weighted by atomic mass is 35.5. The van der Waals surface area contributed by atoms with Crippen molar-refractivity contribution in [2.75, 3.05) is 94.1 Å². The maximum Gasteiger partial charge on any atom is 0.524 e. The number of para-hydroxylation sites is 1. The number of rotatable bonds is 38. The van der Waals surface area contributed by atoms with E-state index in [0.717, 1.165) is 163 Å². The molecule has 0 aliphatic carbocycles. The zero-order valence-electron chi connectivity index (χ0n) is 65.3. The van der Waals surface area contributed by atoms with Crippen molar-refractivity contribution in [2.45, 2.75) is 131 Å². The molecule has 0 atom stereocenters. The van der Waals surface area contributed by atoms with Crippen molar-refractivity contribution >= 4 is 144 Å². The number of hydrogen-bond donors (Lipinski definition) is 11. The summed E-state index contributed by atoms with van der Waals surface area (Å²) in [4.78, 5) is 80.6. The molecule has 6 heterocycles. The number of phosphoric acid groups is 1. The molecular formula is C83H101Cl3N15O13P. The number of nitrogens with zero attached hydrogens (tertiary/aromatic N) is 9. The fourth-order valence-corrected chi connectivity index (χ4v) is 14.2. The summed E-state index contributed by atoms with van der Waals surface area (Å²) in [6.45, 7) is 15.5. The van der Waals surface area contributed by atoms with Crippen LogP contribution in [0.4, 0.5) is 17.5 Å². The van der Waals surface area contributed by atoms with Crippen LogP contribution in [0.5, 0.6) is 23.0 Å². The molecule has 0 saturated heterocycles. The Morgan fingerprint density at radius 1 is 0.443 bits per heavy atom. The standard InChI is InChI=1S/C28H35ClN5O6P.C28H34ClN5O3.C27H32ClN5O4/c1-3-4-5-24-33-26-27(34(24)17-20-7-9-23(18(2)14-20)40-41(36,37)38)21-8-6-19(15-22(21)32-28(26)30)10-12-39-13-11-31-25(35)16-29;1-3-4-5-24-33-26-27(34(24)17-20-7-9-23(35)18(2)14-20)21-8-6-19(15-22(21)32-28(26)30)10-12-37-13-11-31-25(36)16-29;1-2-3-7-22-32-24-25(33(22)16-18-5-4-6-21(34)26(18)36)19-9-8-17(14-20(19)31-27(24)29)10-12-37-13-11-30-23(35)15-28/h6-9,14-15H,3-5,10-13,16-17H2,1-2H3,(H2,30,32)(H,31,35)(H2,36,37,38);6-9,14-15,35H,3-5,10-13,16-17H2,1-2H3,(H2,30,32)(H,31,36);4-6,8-9,14,34,36H,2-3,7,10-13,15-16H2,1H3,(H2,29,31)(H,30,35). The van der Waals surface area contributed by atoms with Crippen LogP contribution >= 0.6 is 42.6 Å². The Balaban J connectivity index is 0.000000183. The third-order valence-electron chi connectivity index (χ3n) is 19.3. The number of carbonyl (C=O) groups excluding carboxylic acids is 3. The van der Waals surface area contributed by atoms with Crippen LogP contribution in [0, 0.1) is 13.8 Å². The molecule has 32 heteroatoms. The number of nitrogen functional groups attached to an aromatic ring is 3. The van der Waals surface area contributed by atoms with E-state index in [1.807, 2.05) is 61.5 Å². The van der Waals surface area contributed by atoms with Crippen LogP contribution in [0.3, 0.4) is 0 Å². The molecule has 0 aliphatic heterocycles. The number of alkyl halides is 3. The predicted molar refractivity (Wildman–Crippen MR) is 453 cm³/mol. The van der Waals surface area contributed by atoms with E-state index in [1.165, 1.54) is 6.07 Å². The van der Waals surface area contributed by atoms with Crippen molar-refractivity contribution in [3.8, 4) is 23.0 Å². The summed E-state index contributed by atoms with van der Waals surface area (Å²) in [7, 11) is -4.66. The lowest BCUT2D eigenvalue weighted by atomic mass is 10.1. The highest BCUT2D eigenvalue weighted by Gasteiger charge is 2.24. The minimum atomic E-state index is -4.66. The lowest BCUT2D eigenvalue weighted by Crippen LogP contribution is -2.28. The van der Waals surface area contributed by atoms with Crippen molar-refractivity contribution in [2.24, 2.45) is 0 Å². The number of amides is 3. The first-order valence-electron chi connectivity index (χ1n) is 38.5. The summed E-state index contributed by atoms with van der Waals surface area (Å²) in [6, 6.07) is 34.2. The molecule has 115 heavy (non-hydrogen) atoms. The van der Waals surface area contributed by atoms with E-state index >= 15 is 0 Å². The highest BCUT2D eigenvalue weighted by Crippen LogP contribution is 2.41. The number of benzene rings is 6. The summed E-state index contributed by atoms with van der Waals surface area (Å²) < 4.78 is 39.5. The van der Waals surface area contributed by atoms with Crippen molar-refractivity contribution < 1.29 is 62.8 Å². The molecule has 0 aliphatic rings. The number of carbonyl (C=O) groups is 3. The van der Waals surface area contributed by atoms with Gasteiger partial charge in [-0.05, 0) is 128 Å². The minimum Gasteiger partial charge on any atom is -0.508 e. The molecule has 6 aromatic carbocycles. The van der Waals surface area contributed by atoms with Gasteiger partial charge in [-0.3, -0.25) is 24.2 Å². The smallest absolute Gasteiger partial charge is 0.508 e. The molecule has 0 unspecified atom stereocenters. The molecule has 14 N–H and O–H groups in total. The van der Waals surface area contributed by atoms with E-state index in [0.29, 0.717) is 144 Å². The van der Waals surface area contributed by atoms with Crippen molar-refractivity contribution in [1.29, 1.82) is 0 Å². The van der Waals surface area contributed by atoms with Gasteiger partial charge < -0.3 is 80.9 Å². The number of halogens is 3. The van der Waals surface area contributed by atoms with E-state index in [1.54, 1.807) is 37.3 Å². The largest absolute Gasteiger partial charge is 0.524 e. The average Bonchev–Trinajstić information content (AvgIpc) is 1.63. The number of aryl methyl sites for hydroxylation is 5. The quantitative estimate of drug-likeness (QED) is 0.00741. The van der Waals surface area contributed by atoms with Gasteiger partial charge in [-0.1, -0.05) is 113 Å². The zero-order chi connectivity index (χ0) is 82.3. The van der Waals surface area contributed by atoms with E-state index in [-0.39, 0.29) is 52.6 Å². The van der Waals surface area contributed by atoms with Crippen LogP contribution in [0.15, 0.2) is 109 Å². The summed E-state index contributed by atoms with van der Waals surface area (Å²) in [5.41, 5.74) is 33.5. The molecule has 0 radical (unpaired) electrons. The predicted octanol–water partition coefficient (Wildman–Crippen LogP) is 12.6. The van der Waals surface area contributed by atoms with Gasteiger partial charge in [0.15, 0.2) is 29.0 Å². The number of aromatic hydroxyl groups is 3. The Morgan fingerprint density at radius 2 is 0.809 bits per heavy atom. The van der Waals surface area contributed by atoms with Crippen molar-refractivity contribution in [1.82, 2.24) is 59.6 Å². The molecule has 612 valence electrons. The molecule has 0 fully saturated rings. The molecule has 12 rings (SSSR count). The lowest BCUT2D eigenvalue weighted by molar-refractivity contribution is -0.119. The Hall–Kier alpha value is -10.1. The fourth-order valence-electron chi connectivity index (χ4n) is 13.5. The van der Waals surface area contributed by atoms with E-state index in [4.69, 9.17) is 85.7 Å². The van der Waals surface area contributed by atoms with Crippen LogP contribution in [-0.4, -0.2) is 163 Å². The first kappa shape index (κ1) is 87.3. The molecule has 0 bridgehead atoms. The summed E-state index contributed by atoms with van der Waals surface area (Å²) in [6.07, 6.45) is 10.5. The van der Waals surface area contributed by atoms with Crippen LogP contribution in [0.25, 0.3) is 65.8 Å². The molecular weight excluding hydrogens is 1550 g/mol. The number of ether oxygens (including phenoxy) is 3. The van der Waals surface area contributed by atoms with Crippen LogP contribution in [0.2, 0.25) is 0 Å². The van der Waals surface area contributed by atoms with Gasteiger partial charge in [0.2, 0.25) is 17.7 Å². The topological polar surface area (TPSA) is 413 Å². The zero-order valence-corrected chi connectivity index (χ0v) is 68.5. The van der Waals surface area contributed by atoms with Gasteiger partial charge in [0.25, 0.3) is 0 Å². The summed E-state index contributed by atoms with van der Waals surface area (Å²) >= 11 is 16.4. The Morgan fingerprint density at radius 3 is 1.17 bits per heavy atom. The van der Waals surface area contributed by atoms with Crippen LogP contribution in [-0.2, 0) is 91.3 Å². The number of phenols is 3. The maximum atomic E-state index is 11.3. The summed E-state index contributed by atoms with van der Waals surface area (Å²) in [5, 5.41) is 41.3. The van der Waals surface area contributed by atoms with Gasteiger partial charge in [0, 0.05) is 73.7 Å². The molecule has 0 spiro atoms. The maximum absolute atomic E-state index is 11.3. The number of aromatic nitrogens is 9. The van der Waals surface area contributed by atoms with Crippen molar-refractivity contribution in [3.05, 3.63) is 171 Å². The number of anilines is 3. The fraction of sp³-hybridized carbons (Fsp3) is 0.386. The third kappa shape index (κ3) is 23.3. The van der Waals surface area contributed by atoms with Gasteiger partial charge >= 0.3 is 7.82 Å². The molecule has 3 amide bonds. The number of pyridine rings is 3. The van der Waals surface area contributed by atoms with Gasteiger partial charge in [-0.25, -0.2) is 34.5 Å². The van der Waals surface area contributed by atoms with E-state index < -0.39 is 7.82 Å². The number of nitrogens with two attached hydrogens (primary N) is 3. The SMILES string of the molecule is CCCCc1nc2c(N)nc3cc(CCOCCNC(=O)CCl)ccc3c2n1Cc1ccc(O)c(C)c1.CCCCc1nc2c(N)nc3cc(CCOCCNC(=O)CCl)ccc3c2n1Cc1ccc(OP(=O)(O)O)c(C)c1.CCCCc1nc2c(N)nc3cc(CCOCCNC(=O)CCl)ccc3c2n1Cc1cccc(O)c1O. The first-order chi connectivity index (χ1) is 55.4. The number of nitrogens with one attached hydrogen (secondary N) is 3. The number of phosphoric ester groups is 1. The van der Waals surface area contributed by atoms with Gasteiger partial charge in [0.05, 0.1) is 79.3 Å². The first-order valence-corrected chi connectivity index (χ1v) is 41.6. The molecule has 0 saturated carbocycles. The van der Waals surface area contributed by atoms with Gasteiger partial charge in [-0.15, -0.1) is 34.8 Å². The third-order valence-corrected chi connectivity index (χ3v) is 20.5. The number of phenolic OH excluding ortho intramolecular Hbond substituents is 3. The number of fused-ring (bicyclic) bond motifs is 9. The number of imidazole rings is 3. The normalized spacial score (nSPS) is 11.6. The Bertz CT molecular complexity index is 5440. The van der Waals surface area contributed by atoms with E-state index in [2.05, 4.69) is 83.6 Å². The van der Waals surface area contributed by atoms with Gasteiger partial charge in [0.1, 0.15) is 63.2 Å². The van der Waals surface area contributed by atoms with Crippen molar-refractivity contribution in [3.63, 3.8) is 0 Å². The number of unbranched alkanes of at least 4 members (excludes halogenated alkanes) is 3. The minimum absolute atomic E-state index is 0.0476. The second-order valence-electron chi connectivity index (χ2n) is 27.9. The second-order valence-corrected chi connectivity index (χ2v) is 29.9. The second kappa shape index (κ2) is 42.0. The molecule has 6 aromatic heterocycles. The Kier molecular flexibility index (Phi) is 31.8. The highest BCUT2D eigenvalue weighted by molar-refractivity contribution is 7.46. The average molecular weight is 1650 g/mol. The molecule has 12 aromatic rings. The number of hydrogen-bond acceptors (Lipinski definition) is 20. The monoisotopic (exact) mass is 1650 g/mol. The van der Waals surface area contributed by atoms with Crippen LogP contribution < -0.4 is 37.7 Å². The van der Waals surface area contributed by atoms with Gasteiger partial charge in [-0.2, -0.15) is 0 Å². The lowest BCUT2D eigenvalue weighted by Gasteiger charge is -2.14. The Labute approximate surface area is 681 Å². The van der Waals surface area contributed by atoms with Crippen LogP contribution in [0.1, 0.15) is 121 Å².